The van der Waals surface area contributed by atoms with Gasteiger partial charge in [0.25, 0.3) is 0 Å². The molecule has 19 heavy (non-hydrogen) atoms. The molecule has 1 aromatic rings. The van der Waals surface area contributed by atoms with E-state index in [2.05, 4.69) is 45.1 Å². The van der Waals surface area contributed by atoms with Gasteiger partial charge in [0.1, 0.15) is 6.10 Å². The average molecular weight is 263 g/mol. The molecule has 1 aliphatic heterocycles. The van der Waals surface area contributed by atoms with Crippen molar-refractivity contribution in [2.45, 2.75) is 39.8 Å². The van der Waals surface area contributed by atoms with Crippen LogP contribution in [0.4, 0.5) is 0 Å². The van der Waals surface area contributed by atoms with E-state index in [1.807, 2.05) is 0 Å². The Morgan fingerprint density at radius 2 is 1.89 bits per heavy atom. The van der Waals surface area contributed by atoms with Crippen LogP contribution in [0, 0.1) is 20.8 Å². The molecule has 3 nitrogen and oxygen atoms in total. The third-order valence-electron chi connectivity index (χ3n) is 3.69. The highest BCUT2D eigenvalue weighted by atomic mass is 16.6. The molecule has 1 fully saturated rings. The topological polar surface area (TPSA) is 30.5 Å². The van der Waals surface area contributed by atoms with Crippen molar-refractivity contribution >= 4 is 0 Å². The van der Waals surface area contributed by atoms with E-state index in [0.717, 1.165) is 6.54 Å². The van der Waals surface area contributed by atoms with Gasteiger partial charge in [0.2, 0.25) is 0 Å². The van der Waals surface area contributed by atoms with Gasteiger partial charge in [-0.15, -0.1) is 0 Å². The lowest BCUT2D eigenvalue weighted by atomic mass is 9.91. The first-order valence-electron chi connectivity index (χ1n) is 7.14. The average Bonchev–Trinajstić information content (AvgIpc) is 2.37. The van der Waals surface area contributed by atoms with E-state index in [1.54, 1.807) is 0 Å². The molecule has 0 amide bonds. The Kier molecular flexibility index (Phi) is 4.97. The van der Waals surface area contributed by atoms with Crippen LogP contribution in [0.2, 0.25) is 0 Å². The smallest absolute Gasteiger partial charge is 0.100 e. The largest absolute Gasteiger partial charge is 0.376 e. The molecule has 0 saturated carbocycles. The maximum absolute atomic E-state index is 5.90. The maximum Gasteiger partial charge on any atom is 0.100 e. The Morgan fingerprint density at radius 3 is 2.42 bits per heavy atom. The molecule has 1 saturated heterocycles. The fraction of sp³-hybridized carbons (Fsp3) is 0.625. The van der Waals surface area contributed by atoms with Crippen molar-refractivity contribution in [2.75, 3.05) is 26.4 Å². The normalized spacial score (nSPS) is 21.4. The molecule has 0 bridgehead atoms. The molecule has 0 aromatic heterocycles. The van der Waals surface area contributed by atoms with Gasteiger partial charge in [-0.1, -0.05) is 24.6 Å². The Morgan fingerprint density at radius 1 is 1.21 bits per heavy atom. The Labute approximate surface area is 116 Å². The van der Waals surface area contributed by atoms with E-state index < -0.39 is 0 Å². The summed E-state index contributed by atoms with van der Waals surface area (Å²) in [6.45, 7) is 11.6. The number of benzene rings is 1. The van der Waals surface area contributed by atoms with Crippen molar-refractivity contribution in [1.29, 1.82) is 0 Å². The summed E-state index contributed by atoms with van der Waals surface area (Å²) in [6.07, 6.45) is 0.105. The molecular formula is C16H25NO2. The van der Waals surface area contributed by atoms with Crippen molar-refractivity contribution in [3.63, 3.8) is 0 Å². The Hall–Kier alpha value is -0.900. The minimum absolute atomic E-state index is 0.105. The standard InChI is InChI=1S/C16H25NO2/c1-5-17-16(14-10-18-6-7-19-14)15-12(3)8-11(2)9-13(15)4/h8-9,14,16-17H,5-7,10H2,1-4H3. The maximum atomic E-state index is 5.90. The summed E-state index contributed by atoms with van der Waals surface area (Å²) in [5, 5.41) is 3.56. The zero-order valence-electron chi connectivity index (χ0n) is 12.5. The Bertz CT molecular complexity index is 402. The third kappa shape index (κ3) is 3.35. The zero-order valence-corrected chi connectivity index (χ0v) is 12.5. The van der Waals surface area contributed by atoms with Crippen LogP contribution in [0.3, 0.4) is 0 Å². The zero-order chi connectivity index (χ0) is 13.8. The highest BCUT2D eigenvalue weighted by molar-refractivity contribution is 5.40. The minimum Gasteiger partial charge on any atom is -0.376 e. The lowest BCUT2D eigenvalue weighted by Crippen LogP contribution is -2.41. The van der Waals surface area contributed by atoms with Crippen LogP contribution in [-0.4, -0.2) is 32.5 Å². The van der Waals surface area contributed by atoms with E-state index in [0.29, 0.717) is 19.8 Å². The van der Waals surface area contributed by atoms with Crippen LogP contribution >= 0.6 is 0 Å². The van der Waals surface area contributed by atoms with Gasteiger partial charge in [0.15, 0.2) is 0 Å². The summed E-state index contributed by atoms with van der Waals surface area (Å²) in [5.74, 6) is 0. The molecule has 3 heteroatoms. The van der Waals surface area contributed by atoms with Crippen molar-refractivity contribution in [2.24, 2.45) is 0 Å². The van der Waals surface area contributed by atoms with E-state index in [-0.39, 0.29) is 12.1 Å². The summed E-state index contributed by atoms with van der Waals surface area (Å²) < 4.78 is 11.5. The fourth-order valence-corrected chi connectivity index (χ4v) is 3.02. The monoisotopic (exact) mass is 263 g/mol. The molecule has 106 valence electrons. The molecule has 2 atom stereocenters. The van der Waals surface area contributed by atoms with E-state index in [9.17, 15) is 0 Å². The lowest BCUT2D eigenvalue weighted by molar-refractivity contribution is -0.102. The van der Waals surface area contributed by atoms with Gasteiger partial charge in [0.05, 0.1) is 25.9 Å². The molecule has 0 aliphatic carbocycles. The fourth-order valence-electron chi connectivity index (χ4n) is 3.02. The van der Waals surface area contributed by atoms with Crippen LogP contribution in [-0.2, 0) is 9.47 Å². The highest BCUT2D eigenvalue weighted by Crippen LogP contribution is 2.28. The van der Waals surface area contributed by atoms with Gasteiger partial charge in [-0.2, -0.15) is 0 Å². The molecule has 0 radical (unpaired) electrons. The first-order valence-corrected chi connectivity index (χ1v) is 7.14. The van der Waals surface area contributed by atoms with Gasteiger partial charge in [-0.05, 0) is 44.0 Å². The lowest BCUT2D eigenvalue weighted by Gasteiger charge is -2.33. The van der Waals surface area contributed by atoms with Crippen molar-refractivity contribution in [1.82, 2.24) is 5.32 Å². The van der Waals surface area contributed by atoms with Gasteiger partial charge in [-0.3, -0.25) is 0 Å². The van der Waals surface area contributed by atoms with Gasteiger partial charge >= 0.3 is 0 Å². The van der Waals surface area contributed by atoms with Crippen LogP contribution in [0.25, 0.3) is 0 Å². The molecule has 2 unspecified atom stereocenters. The number of ether oxygens (including phenoxy) is 2. The van der Waals surface area contributed by atoms with Crippen LogP contribution in [0.5, 0.6) is 0 Å². The number of nitrogens with one attached hydrogen (secondary N) is 1. The third-order valence-corrected chi connectivity index (χ3v) is 3.69. The van der Waals surface area contributed by atoms with E-state index in [4.69, 9.17) is 9.47 Å². The van der Waals surface area contributed by atoms with Gasteiger partial charge in [-0.25, -0.2) is 0 Å². The van der Waals surface area contributed by atoms with Crippen LogP contribution in [0.1, 0.15) is 35.2 Å². The van der Waals surface area contributed by atoms with Gasteiger partial charge in [0, 0.05) is 0 Å². The molecule has 0 spiro atoms. The SMILES string of the molecule is CCNC(c1c(C)cc(C)cc1C)C1COCCO1. The summed E-state index contributed by atoms with van der Waals surface area (Å²) >= 11 is 0. The van der Waals surface area contributed by atoms with Gasteiger partial charge < -0.3 is 14.8 Å². The first kappa shape index (κ1) is 14.5. The molecule has 1 aromatic carbocycles. The van der Waals surface area contributed by atoms with Crippen molar-refractivity contribution < 1.29 is 9.47 Å². The van der Waals surface area contributed by atoms with Crippen molar-refractivity contribution in [3.8, 4) is 0 Å². The molecule has 2 rings (SSSR count). The Balaban J connectivity index is 2.32. The molecule has 1 heterocycles. The quantitative estimate of drug-likeness (QED) is 0.906. The number of rotatable bonds is 4. The molecule has 1 aliphatic rings. The summed E-state index contributed by atoms with van der Waals surface area (Å²) in [6, 6.07) is 4.71. The number of aryl methyl sites for hydroxylation is 3. The summed E-state index contributed by atoms with van der Waals surface area (Å²) in [7, 11) is 0. The summed E-state index contributed by atoms with van der Waals surface area (Å²) in [5.41, 5.74) is 5.34. The van der Waals surface area contributed by atoms with Crippen molar-refractivity contribution in [3.05, 3.63) is 34.4 Å². The van der Waals surface area contributed by atoms with E-state index in [1.165, 1.54) is 22.3 Å². The number of hydrogen-bond acceptors (Lipinski definition) is 3. The molecular weight excluding hydrogens is 238 g/mol. The second-order valence-corrected chi connectivity index (χ2v) is 5.33. The predicted octanol–water partition coefficient (Wildman–Crippen LogP) is 2.68. The second kappa shape index (κ2) is 6.51. The minimum atomic E-state index is 0.105. The second-order valence-electron chi connectivity index (χ2n) is 5.33. The highest BCUT2D eigenvalue weighted by Gasteiger charge is 2.28. The molecule has 1 N–H and O–H groups in total. The first-order chi connectivity index (χ1) is 9.13. The summed E-state index contributed by atoms with van der Waals surface area (Å²) in [4.78, 5) is 0. The predicted molar refractivity (Wildman–Crippen MR) is 77.6 cm³/mol. The van der Waals surface area contributed by atoms with E-state index >= 15 is 0 Å². The number of hydrogen-bond donors (Lipinski definition) is 1. The number of likely N-dealkylation sites (N-methyl/N-ethyl adjacent to an activating group) is 1. The van der Waals surface area contributed by atoms with Crippen LogP contribution in [0.15, 0.2) is 12.1 Å². The van der Waals surface area contributed by atoms with Crippen LogP contribution < -0.4 is 5.32 Å².